The van der Waals surface area contributed by atoms with Crippen LogP contribution in [0.1, 0.15) is 0 Å². The Morgan fingerprint density at radius 1 is 0.464 bits per heavy atom. The summed E-state index contributed by atoms with van der Waals surface area (Å²) in [5.41, 5.74) is 0. The monoisotopic (exact) mass is 418 g/mol. The molecule has 0 amide bonds. The highest BCUT2D eigenvalue weighted by atomic mass is 31.2. The van der Waals surface area contributed by atoms with Crippen molar-refractivity contribution in [3.05, 3.63) is 89.5 Å². The van der Waals surface area contributed by atoms with Gasteiger partial charge in [0.05, 0.1) is 0 Å². The predicted molar refractivity (Wildman–Crippen MR) is 87.9 cm³/mol. The zero-order chi connectivity index (χ0) is 20.3. The molecule has 0 fully saturated rings. The quantitative estimate of drug-likeness (QED) is 0.348. The van der Waals surface area contributed by atoms with E-state index in [1.54, 1.807) is 0 Å². The van der Waals surface area contributed by atoms with Crippen LogP contribution in [0.15, 0.2) is 54.6 Å². The Labute approximate surface area is 156 Å². The molecule has 0 atom stereocenters. The molecule has 0 bridgehead atoms. The van der Waals surface area contributed by atoms with Crippen molar-refractivity contribution in [2.75, 3.05) is 0 Å². The molecule has 0 aromatic heterocycles. The van der Waals surface area contributed by atoms with E-state index in [1.165, 1.54) is 0 Å². The molecule has 0 unspecified atom stereocenters. The van der Waals surface area contributed by atoms with Crippen LogP contribution in [-0.4, -0.2) is 0 Å². The Bertz CT molecular complexity index is 874. The van der Waals surface area contributed by atoms with Gasteiger partial charge >= 0.3 is 8.60 Å². The van der Waals surface area contributed by atoms with E-state index in [-0.39, 0.29) is 0 Å². The first-order valence-electron chi connectivity index (χ1n) is 7.53. The van der Waals surface area contributed by atoms with Gasteiger partial charge in [0.1, 0.15) is 0 Å². The maximum atomic E-state index is 13.9. The van der Waals surface area contributed by atoms with Gasteiger partial charge in [-0.05, 0) is 36.4 Å². The van der Waals surface area contributed by atoms with Crippen molar-refractivity contribution in [1.82, 2.24) is 0 Å². The molecule has 3 aromatic rings. The molecular weight excluding hydrogens is 409 g/mol. The van der Waals surface area contributed by atoms with Gasteiger partial charge in [0, 0.05) is 0 Å². The highest BCUT2D eigenvalue weighted by molar-refractivity contribution is 7.43. The molecule has 0 saturated carbocycles. The molecule has 0 aliphatic heterocycles. The fourth-order valence-corrected chi connectivity index (χ4v) is 2.98. The summed E-state index contributed by atoms with van der Waals surface area (Å²) in [7, 11) is -2.90. The minimum Gasteiger partial charge on any atom is -0.405 e. The van der Waals surface area contributed by atoms with Crippen LogP contribution in [0.5, 0.6) is 17.2 Å². The van der Waals surface area contributed by atoms with Gasteiger partial charge in [-0.3, -0.25) is 0 Å². The Morgan fingerprint density at radius 3 is 1.04 bits per heavy atom. The average molecular weight is 418 g/mol. The first-order valence-corrected chi connectivity index (χ1v) is 8.62. The molecule has 3 nitrogen and oxygen atoms in total. The number of hydrogen-bond donors (Lipinski definition) is 0. The van der Waals surface area contributed by atoms with Crippen molar-refractivity contribution < 1.29 is 39.9 Å². The van der Waals surface area contributed by atoms with Gasteiger partial charge < -0.3 is 13.6 Å². The number of benzene rings is 3. The average Bonchev–Trinajstić information content (AvgIpc) is 2.66. The Kier molecular flexibility index (Phi) is 5.94. The molecule has 0 aliphatic carbocycles. The second-order valence-corrected chi connectivity index (χ2v) is 6.15. The fraction of sp³-hybridized carbons (Fsp3) is 0. The van der Waals surface area contributed by atoms with Crippen LogP contribution in [0, 0.1) is 34.9 Å². The Hall–Kier alpha value is -2.93. The standard InChI is InChI=1S/C18H9F6O3P/c19-10-4-1-7-13(16(10)22)25-28(26-14-8-2-5-11(20)17(14)23)27-15-9-3-6-12(21)18(15)24/h1-9H. The van der Waals surface area contributed by atoms with E-state index >= 15 is 0 Å². The summed E-state index contributed by atoms with van der Waals surface area (Å²) in [5, 5.41) is 0. The van der Waals surface area contributed by atoms with Crippen molar-refractivity contribution in [3.8, 4) is 17.2 Å². The summed E-state index contributed by atoms with van der Waals surface area (Å²) >= 11 is 0. The van der Waals surface area contributed by atoms with Crippen LogP contribution in [0.2, 0.25) is 0 Å². The van der Waals surface area contributed by atoms with Gasteiger partial charge in [-0.1, -0.05) is 18.2 Å². The summed E-state index contributed by atoms with van der Waals surface area (Å²) in [6.45, 7) is 0. The van der Waals surface area contributed by atoms with Gasteiger partial charge in [-0.2, -0.15) is 13.2 Å². The summed E-state index contributed by atoms with van der Waals surface area (Å²) in [4.78, 5) is 0. The number of halogens is 6. The number of hydrogen-bond acceptors (Lipinski definition) is 3. The van der Waals surface area contributed by atoms with E-state index < -0.39 is 60.8 Å². The van der Waals surface area contributed by atoms with Gasteiger partial charge in [0.25, 0.3) is 0 Å². The van der Waals surface area contributed by atoms with Crippen LogP contribution in [-0.2, 0) is 0 Å². The lowest BCUT2D eigenvalue weighted by Gasteiger charge is -2.19. The zero-order valence-corrected chi connectivity index (χ0v) is 14.5. The maximum absolute atomic E-state index is 13.9. The molecule has 0 spiro atoms. The molecule has 3 rings (SSSR count). The second-order valence-electron chi connectivity index (χ2n) is 5.15. The molecular formula is C18H9F6O3P. The van der Waals surface area contributed by atoms with E-state index in [0.717, 1.165) is 54.6 Å². The van der Waals surface area contributed by atoms with Crippen molar-refractivity contribution in [3.63, 3.8) is 0 Å². The molecule has 0 radical (unpaired) electrons. The molecule has 0 N–H and O–H groups in total. The van der Waals surface area contributed by atoms with Crippen LogP contribution < -0.4 is 13.6 Å². The summed E-state index contributed by atoms with van der Waals surface area (Å²) < 4.78 is 96.8. The third kappa shape index (κ3) is 4.31. The smallest absolute Gasteiger partial charge is 0.405 e. The topological polar surface area (TPSA) is 27.7 Å². The fourth-order valence-electron chi connectivity index (χ4n) is 1.96. The third-order valence-electron chi connectivity index (χ3n) is 3.27. The van der Waals surface area contributed by atoms with E-state index in [2.05, 4.69) is 0 Å². The van der Waals surface area contributed by atoms with Gasteiger partial charge in [0.15, 0.2) is 34.7 Å². The highest BCUT2D eigenvalue weighted by Crippen LogP contribution is 2.44. The lowest BCUT2D eigenvalue weighted by Crippen LogP contribution is -2.06. The third-order valence-corrected chi connectivity index (χ3v) is 4.30. The lowest BCUT2D eigenvalue weighted by molar-refractivity contribution is 0.348. The van der Waals surface area contributed by atoms with E-state index in [4.69, 9.17) is 13.6 Å². The van der Waals surface area contributed by atoms with Crippen LogP contribution in [0.25, 0.3) is 0 Å². The normalized spacial score (nSPS) is 10.8. The van der Waals surface area contributed by atoms with Crippen LogP contribution in [0.3, 0.4) is 0 Å². The largest absolute Gasteiger partial charge is 0.530 e. The van der Waals surface area contributed by atoms with Crippen molar-refractivity contribution in [2.45, 2.75) is 0 Å². The summed E-state index contributed by atoms with van der Waals surface area (Å²) in [6, 6.07) is 8.76. The first-order chi connectivity index (χ1) is 13.4. The highest BCUT2D eigenvalue weighted by Gasteiger charge is 2.26. The minimum absolute atomic E-state index is 0.695. The molecule has 0 heterocycles. The van der Waals surface area contributed by atoms with E-state index in [1.807, 2.05) is 0 Å². The minimum atomic E-state index is -2.90. The summed E-state index contributed by atoms with van der Waals surface area (Å²) in [5.74, 6) is -10.1. The van der Waals surface area contributed by atoms with Gasteiger partial charge in [-0.15, -0.1) is 0 Å². The van der Waals surface area contributed by atoms with Crippen LogP contribution in [0.4, 0.5) is 26.3 Å². The molecule has 28 heavy (non-hydrogen) atoms. The van der Waals surface area contributed by atoms with Crippen LogP contribution >= 0.6 is 8.60 Å². The zero-order valence-electron chi connectivity index (χ0n) is 13.6. The maximum Gasteiger partial charge on any atom is 0.530 e. The Morgan fingerprint density at radius 2 is 0.750 bits per heavy atom. The molecule has 3 aromatic carbocycles. The Balaban J connectivity index is 1.94. The predicted octanol–water partition coefficient (Wildman–Crippen LogP) is 6.28. The van der Waals surface area contributed by atoms with E-state index in [9.17, 15) is 26.3 Å². The lowest BCUT2D eigenvalue weighted by atomic mass is 10.3. The van der Waals surface area contributed by atoms with Crippen molar-refractivity contribution >= 4 is 8.60 Å². The molecule has 146 valence electrons. The number of rotatable bonds is 6. The van der Waals surface area contributed by atoms with Crippen molar-refractivity contribution in [1.29, 1.82) is 0 Å². The first kappa shape index (κ1) is 19.8. The molecule has 0 aliphatic rings. The molecule has 0 saturated heterocycles. The summed E-state index contributed by atoms with van der Waals surface area (Å²) in [6.07, 6.45) is 0. The van der Waals surface area contributed by atoms with Gasteiger partial charge in [-0.25, -0.2) is 13.2 Å². The van der Waals surface area contributed by atoms with E-state index in [0.29, 0.717) is 0 Å². The van der Waals surface area contributed by atoms with Gasteiger partial charge in [0.2, 0.25) is 17.5 Å². The van der Waals surface area contributed by atoms with Crippen molar-refractivity contribution in [2.24, 2.45) is 0 Å². The SMILES string of the molecule is Fc1cccc(OP(Oc2cccc(F)c2F)Oc2cccc(F)c2F)c1F. The molecule has 10 heteroatoms. The second kappa shape index (κ2) is 8.39.